The highest BCUT2D eigenvalue weighted by atomic mass is 16.8. The van der Waals surface area contributed by atoms with Gasteiger partial charge in [-0.15, -0.1) is 0 Å². The first-order valence-electron chi connectivity index (χ1n) is 11.0. The molecule has 3 heterocycles. The van der Waals surface area contributed by atoms with Gasteiger partial charge in [-0.3, -0.25) is 9.36 Å². The van der Waals surface area contributed by atoms with Crippen LogP contribution in [0.15, 0.2) is 47.3 Å². The van der Waals surface area contributed by atoms with E-state index in [4.69, 9.17) is 14.2 Å². The van der Waals surface area contributed by atoms with E-state index in [2.05, 4.69) is 15.0 Å². The number of fused-ring (bicyclic) bond motifs is 1. The summed E-state index contributed by atoms with van der Waals surface area (Å²) in [7, 11) is 0. The summed E-state index contributed by atoms with van der Waals surface area (Å²) < 4.78 is 18.7. The van der Waals surface area contributed by atoms with Gasteiger partial charge in [0.15, 0.2) is 17.4 Å². The first-order valence-corrected chi connectivity index (χ1v) is 11.0. The van der Waals surface area contributed by atoms with Crippen molar-refractivity contribution in [3.05, 3.63) is 64.3 Å². The maximum absolute atomic E-state index is 13.1. The van der Waals surface area contributed by atoms with Crippen LogP contribution >= 0.6 is 0 Å². The smallest absolute Gasteiger partial charge is 0.326 e. The quantitative estimate of drug-likeness (QED) is 0.619. The van der Waals surface area contributed by atoms with Crippen molar-refractivity contribution < 1.29 is 14.2 Å². The molecule has 1 saturated carbocycles. The predicted molar refractivity (Wildman–Crippen MR) is 114 cm³/mol. The summed E-state index contributed by atoms with van der Waals surface area (Å²) >= 11 is 0. The molecule has 0 bridgehead atoms. The van der Waals surface area contributed by atoms with Crippen LogP contribution in [-0.2, 0) is 22.4 Å². The fourth-order valence-corrected chi connectivity index (χ4v) is 4.23. The Morgan fingerprint density at radius 2 is 2.00 bits per heavy atom. The molecular weight excluding hydrogens is 396 g/mol. The number of nitrogens with zero attached hydrogens (tertiary/aromatic N) is 3. The van der Waals surface area contributed by atoms with Crippen LogP contribution in [-0.4, -0.2) is 25.8 Å². The van der Waals surface area contributed by atoms with E-state index >= 15 is 0 Å². The number of benzene rings is 1. The van der Waals surface area contributed by atoms with E-state index in [9.17, 15) is 4.79 Å². The summed E-state index contributed by atoms with van der Waals surface area (Å²) in [5.74, 6) is 1.40. The average Bonchev–Trinajstić information content (AvgIpc) is 3.53. The molecule has 0 amide bonds. The Morgan fingerprint density at radius 3 is 2.77 bits per heavy atom. The summed E-state index contributed by atoms with van der Waals surface area (Å²) in [5.41, 5.74) is 1.73. The van der Waals surface area contributed by atoms with Crippen LogP contribution in [0.25, 0.3) is 11.2 Å². The predicted octanol–water partition coefficient (Wildman–Crippen LogP) is 3.98. The van der Waals surface area contributed by atoms with Crippen LogP contribution in [0.2, 0.25) is 0 Å². The standard InChI is InChI=1S/C23H26N4O4/c1-2-12-27-22(28)19-21(25-20(24-19)16-10-6-7-11-16)26-23(27)31-18-14-29-17(30-18)13-15-8-4-3-5-9-15/h3-5,8-9,14,16-17H,2,6-7,10-13H2,1H3,(H,24,25). The molecule has 1 aromatic carbocycles. The molecule has 1 aliphatic heterocycles. The Balaban J connectivity index is 1.38. The zero-order valence-electron chi connectivity index (χ0n) is 17.5. The zero-order chi connectivity index (χ0) is 21.2. The Labute approximate surface area is 179 Å². The van der Waals surface area contributed by atoms with Gasteiger partial charge in [0.1, 0.15) is 5.82 Å². The number of H-pyrrole nitrogens is 1. The van der Waals surface area contributed by atoms with E-state index in [-0.39, 0.29) is 17.5 Å². The Bertz CT molecular complexity index is 1150. The lowest BCUT2D eigenvalue weighted by Crippen LogP contribution is -2.24. The lowest BCUT2D eigenvalue weighted by Gasteiger charge is -2.13. The van der Waals surface area contributed by atoms with Gasteiger partial charge in [-0.25, -0.2) is 4.98 Å². The molecule has 31 heavy (non-hydrogen) atoms. The van der Waals surface area contributed by atoms with Crippen LogP contribution in [0.5, 0.6) is 6.01 Å². The van der Waals surface area contributed by atoms with Crippen molar-refractivity contribution in [1.29, 1.82) is 0 Å². The molecule has 0 radical (unpaired) electrons. The number of nitrogens with one attached hydrogen (secondary N) is 1. The molecule has 1 N–H and O–H groups in total. The molecular formula is C23H26N4O4. The normalized spacial score (nSPS) is 18.7. The van der Waals surface area contributed by atoms with Gasteiger partial charge >= 0.3 is 12.0 Å². The maximum atomic E-state index is 13.1. The largest absolute Gasteiger partial charge is 0.455 e. The monoisotopic (exact) mass is 422 g/mol. The highest BCUT2D eigenvalue weighted by Gasteiger charge is 2.26. The summed E-state index contributed by atoms with van der Waals surface area (Å²) in [4.78, 5) is 25.5. The van der Waals surface area contributed by atoms with Crippen molar-refractivity contribution in [3.63, 3.8) is 0 Å². The molecule has 8 heteroatoms. The van der Waals surface area contributed by atoms with E-state index in [0.29, 0.717) is 30.0 Å². The molecule has 162 valence electrons. The van der Waals surface area contributed by atoms with E-state index in [1.807, 2.05) is 37.3 Å². The fourth-order valence-electron chi connectivity index (χ4n) is 4.23. The van der Waals surface area contributed by atoms with Crippen LogP contribution in [0, 0.1) is 0 Å². The van der Waals surface area contributed by atoms with Crippen LogP contribution in [0.4, 0.5) is 0 Å². The molecule has 0 saturated heterocycles. The van der Waals surface area contributed by atoms with Crippen molar-refractivity contribution in [2.75, 3.05) is 0 Å². The second kappa shape index (κ2) is 8.45. The second-order valence-electron chi connectivity index (χ2n) is 8.07. The van der Waals surface area contributed by atoms with Gasteiger partial charge in [-0.2, -0.15) is 4.98 Å². The van der Waals surface area contributed by atoms with Crippen molar-refractivity contribution in [2.24, 2.45) is 0 Å². The molecule has 5 rings (SSSR count). The Hall–Kier alpha value is -3.29. The third-order valence-electron chi connectivity index (χ3n) is 5.78. The number of rotatable bonds is 7. The van der Waals surface area contributed by atoms with Gasteiger partial charge in [-0.1, -0.05) is 50.1 Å². The number of hydrogen-bond acceptors (Lipinski definition) is 6. The molecule has 0 spiro atoms. The highest BCUT2D eigenvalue weighted by Crippen LogP contribution is 2.33. The lowest BCUT2D eigenvalue weighted by molar-refractivity contribution is -0.0535. The highest BCUT2D eigenvalue weighted by molar-refractivity contribution is 5.70. The fraction of sp³-hybridized carbons (Fsp3) is 0.435. The average molecular weight is 422 g/mol. The van der Waals surface area contributed by atoms with Gasteiger partial charge < -0.3 is 19.2 Å². The number of aromatic nitrogens is 4. The summed E-state index contributed by atoms with van der Waals surface area (Å²) in [6.45, 7) is 2.48. The third kappa shape index (κ3) is 4.02. The van der Waals surface area contributed by atoms with Gasteiger partial charge in [0.25, 0.3) is 5.56 Å². The van der Waals surface area contributed by atoms with Crippen LogP contribution in [0.1, 0.15) is 56.3 Å². The van der Waals surface area contributed by atoms with Crippen LogP contribution in [0.3, 0.4) is 0 Å². The maximum Gasteiger partial charge on any atom is 0.326 e. The minimum atomic E-state index is -0.480. The van der Waals surface area contributed by atoms with Gasteiger partial charge in [-0.05, 0) is 24.8 Å². The molecule has 1 atom stereocenters. The van der Waals surface area contributed by atoms with E-state index in [0.717, 1.165) is 30.7 Å². The van der Waals surface area contributed by atoms with Crippen molar-refractivity contribution >= 4 is 11.2 Å². The van der Waals surface area contributed by atoms with E-state index in [1.54, 1.807) is 0 Å². The molecule has 2 aliphatic rings. The first kappa shape index (κ1) is 19.7. The first-order chi connectivity index (χ1) is 15.2. The molecule has 1 unspecified atom stereocenters. The van der Waals surface area contributed by atoms with Gasteiger partial charge in [0.2, 0.25) is 6.29 Å². The second-order valence-corrected chi connectivity index (χ2v) is 8.07. The van der Waals surface area contributed by atoms with Crippen molar-refractivity contribution in [1.82, 2.24) is 19.5 Å². The summed E-state index contributed by atoms with van der Waals surface area (Å²) in [5, 5.41) is 0. The topological polar surface area (TPSA) is 91.3 Å². The van der Waals surface area contributed by atoms with Crippen molar-refractivity contribution in [3.8, 4) is 6.01 Å². The Morgan fingerprint density at radius 1 is 1.19 bits per heavy atom. The Kier molecular flexibility index (Phi) is 5.36. The molecule has 8 nitrogen and oxygen atoms in total. The molecule has 1 aliphatic carbocycles. The van der Waals surface area contributed by atoms with Crippen LogP contribution < -0.4 is 10.3 Å². The van der Waals surface area contributed by atoms with Gasteiger partial charge in [0, 0.05) is 18.9 Å². The number of hydrogen-bond donors (Lipinski definition) is 1. The minimum absolute atomic E-state index is 0.166. The lowest BCUT2D eigenvalue weighted by atomic mass is 10.1. The molecule has 1 fully saturated rings. The number of aromatic amines is 1. The van der Waals surface area contributed by atoms with Crippen molar-refractivity contribution in [2.45, 2.75) is 64.2 Å². The van der Waals surface area contributed by atoms with E-state index < -0.39 is 6.29 Å². The number of ether oxygens (including phenoxy) is 3. The third-order valence-corrected chi connectivity index (χ3v) is 5.78. The minimum Gasteiger partial charge on any atom is -0.455 e. The summed E-state index contributed by atoms with van der Waals surface area (Å²) in [6, 6.07) is 10.1. The summed E-state index contributed by atoms with van der Waals surface area (Å²) in [6.07, 6.45) is 6.86. The van der Waals surface area contributed by atoms with Gasteiger partial charge in [0.05, 0.1) is 0 Å². The zero-order valence-corrected chi connectivity index (χ0v) is 17.5. The SMILES string of the molecule is CCCn1c(OC2=COC(Cc3ccccc3)O2)nc2nc(C3CCCC3)[nH]c2c1=O. The van der Waals surface area contributed by atoms with E-state index in [1.165, 1.54) is 23.7 Å². The molecule has 3 aromatic rings. The number of imidazole rings is 1. The molecule has 2 aromatic heterocycles.